The van der Waals surface area contributed by atoms with Crippen molar-refractivity contribution in [1.82, 2.24) is 30.1 Å². The molecule has 0 aliphatic carbocycles. The van der Waals surface area contributed by atoms with Crippen molar-refractivity contribution in [2.45, 2.75) is 32.9 Å². The van der Waals surface area contributed by atoms with Crippen molar-refractivity contribution < 1.29 is 9.53 Å². The molecule has 0 atom stereocenters. The molecule has 198 valence electrons. The van der Waals surface area contributed by atoms with Crippen molar-refractivity contribution in [3.05, 3.63) is 46.7 Å². The van der Waals surface area contributed by atoms with Crippen LogP contribution in [0.4, 0.5) is 11.4 Å². The Kier molecular flexibility index (Phi) is 8.91. The van der Waals surface area contributed by atoms with Gasteiger partial charge in [0.15, 0.2) is 0 Å². The van der Waals surface area contributed by atoms with Crippen LogP contribution in [0.15, 0.2) is 30.5 Å². The van der Waals surface area contributed by atoms with Gasteiger partial charge in [0.2, 0.25) is 5.88 Å². The Morgan fingerprint density at radius 2 is 2.03 bits per heavy atom. The van der Waals surface area contributed by atoms with E-state index in [-0.39, 0.29) is 23.2 Å². The maximum atomic E-state index is 12.7. The fourth-order valence-electron chi connectivity index (χ4n) is 4.32. The SMILES string of the molecule is CCOc1nc(C(=O)NCC2CCN(Cc3sc(-c4ccccn4)nc3CN(C)C)CC2)cc(N)c1N. The lowest BCUT2D eigenvalue weighted by molar-refractivity contribution is 0.0929. The van der Waals surface area contributed by atoms with E-state index in [1.165, 1.54) is 10.9 Å². The molecule has 0 spiro atoms. The summed E-state index contributed by atoms with van der Waals surface area (Å²) in [5.74, 6) is 0.337. The first-order valence-corrected chi connectivity index (χ1v) is 13.4. The van der Waals surface area contributed by atoms with Gasteiger partial charge >= 0.3 is 0 Å². The first-order chi connectivity index (χ1) is 17.8. The third-order valence-electron chi connectivity index (χ3n) is 6.32. The first kappa shape index (κ1) is 26.8. The van der Waals surface area contributed by atoms with Gasteiger partial charge in [0.1, 0.15) is 16.4 Å². The van der Waals surface area contributed by atoms with Gasteiger partial charge in [0.05, 0.1) is 23.7 Å². The fourth-order valence-corrected chi connectivity index (χ4v) is 5.41. The van der Waals surface area contributed by atoms with Crippen LogP contribution in [0, 0.1) is 5.92 Å². The quantitative estimate of drug-likeness (QED) is 0.366. The van der Waals surface area contributed by atoms with E-state index in [1.807, 2.05) is 31.3 Å². The van der Waals surface area contributed by atoms with Crippen molar-refractivity contribution in [2.24, 2.45) is 5.92 Å². The number of piperidine rings is 1. The zero-order valence-corrected chi connectivity index (χ0v) is 22.6. The largest absolute Gasteiger partial charge is 0.476 e. The summed E-state index contributed by atoms with van der Waals surface area (Å²) < 4.78 is 5.41. The molecule has 3 aromatic rings. The van der Waals surface area contributed by atoms with Crippen LogP contribution in [-0.2, 0) is 13.1 Å². The number of carbonyl (C=O) groups excluding carboxylic acids is 1. The van der Waals surface area contributed by atoms with Gasteiger partial charge in [0.25, 0.3) is 5.91 Å². The van der Waals surface area contributed by atoms with Crippen LogP contribution in [0.25, 0.3) is 10.7 Å². The number of nitrogens with one attached hydrogen (secondary N) is 1. The van der Waals surface area contributed by atoms with E-state index in [0.29, 0.717) is 24.8 Å². The van der Waals surface area contributed by atoms with Crippen LogP contribution in [0.3, 0.4) is 0 Å². The number of likely N-dealkylation sites (tertiary alicyclic amines) is 1. The molecule has 4 rings (SSSR count). The highest BCUT2D eigenvalue weighted by Crippen LogP contribution is 2.30. The number of nitrogens with zero attached hydrogens (tertiary/aromatic N) is 5. The van der Waals surface area contributed by atoms with Crippen molar-refractivity contribution in [2.75, 3.05) is 51.8 Å². The second-order valence-corrected chi connectivity index (χ2v) is 10.6. The number of amides is 1. The predicted octanol–water partition coefficient (Wildman–Crippen LogP) is 2.87. The number of nitrogens with two attached hydrogens (primary N) is 2. The number of thiazole rings is 1. The molecule has 1 aliphatic rings. The van der Waals surface area contributed by atoms with Crippen molar-refractivity contribution >= 4 is 28.6 Å². The van der Waals surface area contributed by atoms with Gasteiger partial charge in [-0.05, 0) is 71.1 Å². The molecule has 0 aromatic carbocycles. The summed E-state index contributed by atoms with van der Waals surface area (Å²) in [6, 6.07) is 7.42. The van der Waals surface area contributed by atoms with E-state index < -0.39 is 0 Å². The van der Waals surface area contributed by atoms with Crippen molar-refractivity contribution in [3.63, 3.8) is 0 Å². The molecule has 4 heterocycles. The lowest BCUT2D eigenvalue weighted by Crippen LogP contribution is -2.38. The second-order valence-electron chi connectivity index (χ2n) is 9.52. The van der Waals surface area contributed by atoms with E-state index in [2.05, 4.69) is 39.2 Å². The van der Waals surface area contributed by atoms with Crippen LogP contribution in [0.5, 0.6) is 5.88 Å². The number of ether oxygens (including phenoxy) is 1. The van der Waals surface area contributed by atoms with E-state index >= 15 is 0 Å². The summed E-state index contributed by atoms with van der Waals surface area (Å²) in [4.78, 5) is 32.3. The van der Waals surface area contributed by atoms with Crippen LogP contribution in [-0.4, -0.2) is 71.0 Å². The molecule has 5 N–H and O–H groups in total. The zero-order valence-electron chi connectivity index (χ0n) is 21.7. The third-order valence-corrected chi connectivity index (χ3v) is 7.43. The summed E-state index contributed by atoms with van der Waals surface area (Å²) in [6.07, 6.45) is 3.83. The summed E-state index contributed by atoms with van der Waals surface area (Å²) in [5, 5.41) is 3.98. The molecule has 1 fully saturated rings. The van der Waals surface area contributed by atoms with Gasteiger partial charge in [-0.15, -0.1) is 11.3 Å². The molecule has 0 radical (unpaired) electrons. The van der Waals surface area contributed by atoms with E-state index in [4.69, 9.17) is 21.2 Å². The molecule has 10 nitrogen and oxygen atoms in total. The molecule has 1 amide bonds. The van der Waals surface area contributed by atoms with E-state index in [9.17, 15) is 4.79 Å². The number of aromatic nitrogens is 3. The minimum absolute atomic E-state index is 0.198. The smallest absolute Gasteiger partial charge is 0.270 e. The maximum absolute atomic E-state index is 12.7. The Morgan fingerprint density at radius 3 is 2.70 bits per heavy atom. The summed E-state index contributed by atoms with van der Waals surface area (Å²) in [5.41, 5.74) is 14.6. The maximum Gasteiger partial charge on any atom is 0.270 e. The predicted molar refractivity (Wildman–Crippen MR) is 147 cm³/mol. The monoisotopic (exact) mass is 524 g/mol. The molecule has 3 aromatic heterocycles. The normalized spacial score (nSPS) is 14.7. The fraction of sp³-hybridized carbons (Fsp3) is 0.462. The number of rotatable bonds is 10. The van der Waals surface area contributed by atoms with Gasteiger partial charge in [-0.1, -0.05) is 6.07 Å². The number of nitrogen functional groups attached to an aromatic ring is 2. The Balaban J connectivity index is 1.32. The average molecular weight is 525 g/mol. The molecule has 1 aliphatic heterocycles. The Hall–Kier alpha value is -3.28. The Bertz CT molecular complexity index is 1190. The zero-order chi connectivity index (χ0) is 26.4. The summed E-state index contributed by atoms with van der Waals surface area (Å²) in [7, 11) is 4.13. The standard InChI is InChI=1S/C26H36N8O2S/c1-4-36-25-23(28)18(27)13-20(31-25)24(35)30-14-17-8-11-34(12-9-17)16-22-21(15-33(2)3)32-26(37-22)19-7-5-6-10-29-19/h5-7,10,13,17H,4,8-9,11-12,14-16,28H2,1-3H3,(H2,27,31)(H,30,35). The molecular formula is C26H36N8O2S. The topological polar surface area (TPSA) is 136 Å². The van der Waals surface area contributed by atoms with Gasteiger partial charge in [-0.25, -0.2) is 9.97 Å². The molecular weight excluding hydrogens is 488 g/mol. The Labute approximate surface area is 222 Å². The third kappa shape index (κ3) is 6.94. The Morgan fingerprint density at radius 1 is 1.24 bits per heavy atom. The van der Waals surface area contributed by atoms with Crippen molar-refractivity contribution in [1.29, 1.82) is 0 Å². The summed E-state index contributed by atoms with van der Waals surface area (Å²) in [6.45, 7) is 6.44. The number of carbonyl (C=O) groups is 1. The number of hydrogen-bond donors (Lipinski definition) is 3. The first-order valence-electron chi connectivity index (χ1n) is 12.6. The van der Waals surface area contributed by atoms with Gasteiger partial charge in [-0.3, -0.25) is 14.7 Å². The minimum Gasteiger partial charge on any atom is -0.476 e. The highest BCUT2D eigenvalue weighted by molar-refractivity contribution is 7.15. The van der Waals surface area contributed by atoms with Gasteiger partial charge in [0, 0.05) is 30.7 Å². The van der Waals surface area contributed by atoms with E-state index in [0.717, 1.165) is 55.4 Å². The second kappa shape index (κ2) is 12.3. The highest BCUT2D eigenvalue weighted by atomic mass is 32.1. The van der Waals surface area contributed by atoms with Crippen LogP contribution in [0.2, 0.25) is 0 Å². The average Bonchev–Trinajstić information content (AvgIpc) is 3.28. The molecule has 1 saturated heterocycles. The number of anilines is 2. The number of pyridine rings is 2. The number of hydrogen-bond acceptors (Lipinski definition) is 10. The molecule has 0 bridgehead atoms. The lowest BCUT2D eigenvalue weighted by atomic mass is 9.96. The minimum atomic E-state index is -0.268. The highest BCUT2D eigenvalue weighted by Gasteiger charge is 2.23. The van der Waals surface area contributed by atoms with Crippen molar-refractivity contribution in [3.8, 4) is 16.6 Å². The molecule has 37 heavy (non-hydrogen) atoms. The van der Waals surface area contributed by atoms with Crippen LogP contribution < -0.4 is 21.5 Å². The van der Waals surface area contributed by atoms with Gasteiger partial charge < -0.3 is 26.4 Å². The van der Waals surface area contributed by atoms with Crippen LogP contribution in [0.1, 0.15) is 40.8 Å². The molecule has 11 heteroatoms. The lowest BCUT2D eigenvalue weighted by Gasteiger charge is -2.31. The van der Waals surface area contributed by atoms with Gasteiger partial charge in [-0.2, -0.15) is 0 Å². The molecule has 0 unspecified atom stereocenters. The summed E-state index contributed by atoms with van der Waals surface area (Å²) >= 11 is 1.73. The van der Waals surface area contributed by atoms with Crippen LogP contribution >= 0.6 is 11.3 Å². The molecule has 0 saturated carbocycles. The van der Waals surface area contributed by atoms with E-state index in [1.54, 1.807) is 11.3 Å².